The summed E-state index contributed by atoms with van der Waals surface area (Å²) in [6, 6.07) is -0.0712. The Morgan fingerprint density at radius 3 is 2.40 bits per heavy atom. The van der Waals surface area contributed by atoms with Crippen molar-refractivity contribution in [3.8, 4) is 0 Å². The van der Waals surface area contributed by atoms with Gasteiger partial charge >= 0.3 is 0 Å². The van der Waals surface area contributed by atoms with Gasteiger partial charge in [0, 0.05) is 28.9 Å². The Morgan fingerprint density at radius 2 is 1.90 bits per heavy atom. The summed E-state index contributed by atoms with van der Waals surface area (Å²) in [5.74, 6) is 1.08. The molecule has 2 aliphatic rings. The smallest absolute Gasteiger partial charge is 0.241 e. The molecule has 1 saturated heterocycles. The summed E-state index contributed by atoms with van der Waals surface area (Å²) in [5.41, 5.74) is 0. The molecule has 0 spiro atoms. The second-order valence-electron chi connectivity index (χ2n) is 6.68. The van der Waals surface area contributed by atoms with E-state index in [4.69, 9.17) is 0 Å². The van der Waals surface area contributed by atoms with E-state index in [9.17, 15) is 9.00 Å². The number of carbonyl (C=O) groups excluding carboxylic acids is 1. The zero-order chi connectivity index (χ0) is 14.9. The first kappa shape index (κ1) is 16.0. The van der Waals surface area contributed by atoms with Crippen LogP contribution in [-0.4, -0.2) is 45.3 Å². The first-order valence-corrected chi connectivity index (χ1v) is 9.42. The van der Waals surface area contributed by atoms with Gasteiger partial charge in [0.25, 0.3) is 0 Å². The van der Waals surface area contributed by atoms with Crippen LogP contribution in [0, 0.1) is 11.8 Å². The molecule has 0 radical (unpaired) electrons. The molecule has 0 aromatic carbocycles. The third-order valence-electron chi connectivity index (χ3n) is 4.77. The maximum Gasteiger partial charge on any atom is 0.241 e. The normalized spacial score (nSPS) is 31.2. The zero-order valence-corrected chi connectivity index (χ0v) is 13.9. The minimum atomic E-state index is -0.881. The lowest BCUT2D eigenvalue weighted by molar-refractivity contribution is -0.131. The number of nitrogens with zero attached hydrogens (tertiary/aromatic N) is 1. The van der Waals surface area contributed by atoms with Gasteiger partial charge < -0.3 is 4.90 Å². The highest BCUT2D eigenvalue weighted by Gasteiger charge is 2.44. The fourth-order valence-electron chi connectivity index (χ4n) is 3.39. The Bertz CT molecular complexity index is 380. The Morgan fingerprint density at radius 1 is 1.30 bits per heavy atom. The topological polar surface area (TPSA) is 49.4 Å². The first-order chi connectivity index (χ1) is 9.41. The van der Waals surface area contributed by atoms with Gasteiger partial charge in [0.2, 0.25) is 5.91 Å². The van der Waals surface area contributed by atoms with E-state index >= 15 is 0 Å². The van der Waals surface area contributed by atoms with Crippen LogP contribution in [0.5, 0.6) is 0 Å². The van der Waals surface area contributed by atoms with Crippen molar-refractivity contribution >= 4 is 16.7 Å². The van der Waals surface area contributed by atoms with E-state index in [1.807, 2.05) is 11.8 Å². The monoisotopic (exact) mass is 300 g/mol. The first-order valence-electron chi connectivity index (χ1n) is 7.80. The van der Waals surface area contributed by atoms with Crippen LogP contribution in [0.4, 0.5) is 0 Å². The van der Waals surface area contributed by atoms with Gasteiger partial charge in [0.1, 0.15) is 0 Å². The van der Waals surface area contributed by atoms with Gasteiger partial charge in [0.05, 0.1) is 12.2 Å². The Hall–Kier alpha value is -0.420. The summed E-state index contributed by atoms with van der Waals surface area (Å²) >= 11 is 0. The van der Waals surface area contributed by atoms with Crippen molar-refractivity contribution in [3.63, 3.8) is 0 Å². The molecule has 2 fully saturated rings. The molecule has 0 aromatic rings. The number of carbonyl (C=O) groups is 1. The average Bonchev–Trinajstić information content (AvgIpc) is 2.98. The largest absolute Gasteiger partial charge is 0.324 e. The molecule has 1 amide bonds. The molecule has 1 aliphatic carbocycles. The van der Waals surface area contributed by atoms with Gasteiger partial charge in [-0.1, -0.05) is 26.7 Å². The van der Waals surface area contributed by atoms with Gasteiger partial charge in [-0.2, -0.15) is 0 Å². The van der Waals surface area contributed by atoms with Crippen molar-refractivity contribution in [2.45, 2.75) is 63.9 Å². The molecule has 4 nitrogen and oxygen atoms in total. The van der Waals surface area contributed by atoms with Crippen molar-refractivity contribution in [1.29, 1.82) is 0 Å². The van der Waals surface area contributed by atoms with E-state index in [1.54, 1.807) is 6.26 Å². The van der Waals surface area contributed by atoms with Crippen molar-refractivity contribution in [3.05, 3.63) is 0 Å². The zero-order valence-electron chi connectivity index (χ0n) is 13.1. The van der Waals surface area contributed by atoms with Crippen LogP contribution in [0.25, 0.3) is 0 Å². The van der Waals surface area contributed by atoms with Gasteiger partial charge in [-0.15, -0.1) is 0 Å². The molecule has 20 heavy (non-hydrogen) atoms. The van der Waals surface area contributed by atoms with E-state index in [0.717, 1.165) is 0 Å². The molecule has 5 heteroatoms. The third kappa shape index (κ3) is 3.25. The highest BCUT2D eigenvalue weighted by Crippen LogP contribution is 2.33. The lowest BCUT2D eigenvalue weighted by Crippen LogP contribution is -2.46. The van der Waals surface area contributed by atoms with Crippen LogP contribution in [0.3, 0.4) is 0 Å². The summed E-state index contributed by atoms with van der Waals surface area (Å²) in [6.45, 7) is 6.76. The van der Waals surface area contributed by atoms with Gasteiger partial charge in [0.15, 0.2) is 0 Å². The lowest BCUT2D eigenvalue weighted by Gasteiger charge is -2.30. The maximum absolute atomic E-state index is 12.6. The molecule has 0 aromatic heterocycles. The molecule has 0 bridgehead atoms. The summed E-state index contributed by atoms with van der Waals surface area (Å²) in [5, 5.41) is 3.59. The van der Waals surface area contributed by atoms with Crippen LogP contribution in [0.15, 0.2) is 0 Å². The van der Waals surface area contributed by atoms with E-state index < -0.39 is 10.8 Å². The van der Waals surface area contributed by atoms with Crippen LogP contribution in [0.2, 0.25) is 0 Å². The molecule has 1 saturated carbocycles. The van der Waals surface area contributed by atoms with Crippen molar-refractivity contribution in [1.82, 2.24) is 10.2 Å². The highest BCUT2D eigenvalue weighted by molar-refractivity contribution is 7.84. The molecule has 1 aliphatic heterocycles. The molecule has 4 atom stereocenters. The minimum absolute atomic E-state index is 0.0376. The fraction of sp³-hybridized carbons (Fsp3) is 0.933. The molecule has 1 heterocycles. The van der Waals surface area contributed by atoms with Crippen LogP contribution < -0.4 is 5.32 Å². The number of rotatable bonds is 5. The molecule has 2 rings (SSSR count). The quantitative estimate of drug-likeness (QED) is 0.841. The molecular weight excluding hydrogens is 272 g/mol. The van der Waals surface area contributed by atoms with Gasteiger partial charge in [-0.3, -0.25) is 14.3 Å². The number of amides is 1. The van der Waals surface area contributed by atoms with E-state index in [0.29, 0.717) is 18.4 Å². The minimum Gasteiger partial charge on any atom is -0.324 e. The van der Waals surface area contributed by atoms with Crippen LogP contribution in [0.1, 0.15) is 46.5 Å². The summed E-state index contributed by atoms with van der Waals surface area (Å²) in [7, 11) is -0.881. The third-order valence-corrected chi connectivity index (χ3v) is 6.05. The van der Waals surface area contributed by atoms with Crippen LogP contribution in [-0.2, 0) is 15.6 Å². The van der Waals surface area contributed by atoms with Crippen molar-refractivity contribution in [2.24, 2.45) is 11.8 Å². The Balaban J connectivity index is 2.13. The van der Waals surface area contributed by atoms with Crippen molar-refractivity contribution in [2.75, 3.05) is 12.8 Å². The van der Waals surface area contributed by atoms with Gasteiger partial charge in [-0.05, 0) is 31.6 Å². The standard InChI is InChI=1S/C15H28N2O2S/c1-10(2)13-15(18)17(9-11(3)20(4)19)14(16-13)12-7-5-6-8-12/h10-14,16H,5-9H2,1-4H3. The second-order valence-corrected chi connectivity index (χ2v) is 8.48. The van der Waals surface area contributed by atoms with Crippen LogP contribution >= 0.6 is 0 Å². The highest BCUT2D eigenvalue weighted by atomic mass is 32.2. The average molecular weight is 300 g/mol. The maximum atomic E-state index is 12.6. The number of hydrogen-bond donors (Lipinski definition) is 1. The van der Waals surface area contributed by atoms with E-state index in [1.165, 1.54) is 25.7 Å². The predicted octanol–water partition coefficient (Wildman–Crippen LogP) is 1.73. The summed E-state index contributed by atoms with van der Waals surface area (Å²) < 4.78 is 11.6. The number of hydrogen-bond acceptors (Lipinski definition) is 3. The Labute approximate surface area is 125 Å². The summed E-state index contributed by atoms with van der Waals surface area (Å²) in [4.78, 5) is 14.6. The second kappa shape index (κ2) is 6.56. The molecular formula is C15H28N2O2S. The van der Waals surface area contributed by atoms with E-state index in [2.05, 4.69) is 19.2 Å². The number of nitrogens with one attached hydrogen (secondary N) is 1. The summed E-state index contributed by atoms with van der Waals surface area (Å²) in [6.07, 6.45) is 6.83. The molecule has 116 valence electrons. The van der Waals surface area contributed by atoms with E-state index in [-0.39, 0.29) is 23.4 Å². The lowest BCUT2D eigenvalue weighted by atomic mass is 10.0. The van der Waals surface area contributed by atoms with Crippen molar-refractivity contribution < 1.29 is 9.00 Å². The Kier molecular flexibility index (Phi) is 5.24. The molecule has 1 N–H and O–H groups in total. The predicted molar refractivity (Wildman–Crippen MR) is 82.7 cm³/mol. The fourth-order valence-corrected chi connectivity index (χ4v) is 3.76. The SMILES string of the molecule is CC(C)C1NC(C2CCCC2)N(CC(C)S(C)=O)C1=O. The van der Waals surface area contributed by atoms with Gasteiger partial charge in [-0.25, -0.2) is 0 Å². The molecule has 4 unspecified atom stereocenters.